The summed E-state index contributed by atoms with van der Waals surface area (Å²) in [5, 5.41) is 9.29. The fraction of sp³-hybridized carbons (Fsp3) is 0.467. The molecule has 5 heteroatoms. The van der Waals surface area contributed by atoms with E-state index >= 15 is 0 Å². The van der Waals surface area contributed by atoms with E-state index in [-0.39, 0.29) is 12.1 Å². The molecular weight excluding hydrogens is 256 g/mol. The second kappa shape index (κ2) is 5.53. The molecule has 0 fully saturated rings. The minimum atomic E-state index is -0.832. The zero-order valence-electron chi connectivity index (χ0n) is 12.0. The van der Waals surface area contributed by atoms with Gasteiger partial charge in [0.1, 0.15) is 0 Å². The van der Waals surface area contributed by atoms with Crippen LogP contribution in [-0.2, 0) is 4.79 Å². The number of rotatable bonds is 2. The molecule has 2 amide bonds. The average Bonchev–Trinajstić information content (AvgIpc) is 2.44. The Bertz CT molecular complexity index is 528. The van der Waals surface area contributed by atoms with Crippen LogP contribution in [0.2, 0.25) is 0 Å². The van der Waals surface area contributed by atoms with Gasteiger partial charge in [-0.2, -0.15) is 0 Å². The van der Waals surface area contributed by atoms with Gasteiger partial charge in [-0.1, -0.05) is 18.2 Å². The van der Waals surface area contributed by atoms with Gasteiger partial charge in [0.2, 0.25) is 0 Å². The van der Waals surface area contributed by atoms with Crippen molar-refractivity contribution in [1.82, 2.24) is 4.90 Å². The van der Waals surface area contributed by atoms with Gasteiger partial charge in [-0.15, -0.1) is 0 Å². The van der Waals surface area contributed by atoms with Gasteiger partial charge in [-0.3, -0.25) is 9.69 Å². The Morgan fingerprint density at radius 1 is 1.35 bits per heavy atom. The molecule has 0 spiro atoms. The number of anilines is 1. The van der Waals surface area contributed by atoms with Crippen molar-refractivity contribution in [2.75, 3.05) is 18.5 Å². The second-order valence-corrected chi connectivity index (χ2v) is 5.38. The van der Waals surface area contributed by atoms with Crippen LogP contribution in [0.3, 0.4) is 0 Å². The van der Waals surface area contributed by atoms with Crippen molar-refractivity contribution in [2.24, 2.45) is 0 Å². The van der Waals surface area contributed by atoms with Gasteiger partial charge < -0.3 is 10.0 Å². The van der Waals surface area contributed by atoms with Crippen molar-refractivity contribution in [1.29, 1.82) is 0 Å². The third kappa shape index (κ3) is 2.48. The number of fused-ring (bicyclic) bond motifs is 1. The van der Waals surface area contributed by atoms with Crippen molar-refractivity contribution in [3.8, 4) is 0 Å². The average molecular weight is 276 g/mol. The molecule has 1 aliphatic rings. The van der Waals surface area contributed by atoms with E-state index in [9.17, 15) is 14.7 Å². The minimum Gasteiger partial charge on any atom is -0.481 e. The highest BCUT2D eigenvalue weighted by atomic mass is 16.4. The van der Waals surface area contributed by atoms with Gasteiger partial charge in [-0.25, -0.2) is 4.79 Å². The van der Waals surface area contributed by atoms with Crippen LogP contribution in [0.5, 0.6) is 0 Å². The summed E-state index contributed by atoms with van der Waals surface area (Å²) in [6, 6.07) is 7.27. The first kappa shape index (κ1) is 14.4. The van der Waals surface area contributed by atoms with Gasteiger partial charge in [0, 0.05) is 25.3 Å². The zero-order valence-corrected chi connectivity index (χ0v) is 12.0. The van der Waals surface area contributed by atoms with Crippen LogP contribution >= 0.6 is 0 Å². The topological polar surface area (TPSA) is 60.9 Å². The molecule has 0 saturated heterocycles. The monoisotopic (exact) mass is 276 g/mol. The van der Waals surface area contributed by atoms with E-state index in [1.165, 1.54) is 0 Å². The van der Waals surface area contributed by atoms with E-state index in [0.29, 0.717) is 18.7 Å². The third-order valence-electron chi connectivity index (χ3n) is 3.85. The molecule has 2 rings (SSSR count). The Morgan fingerprint density at radius 2 is 2.00 bits per heavy atom. The van der Waals surface area contributed by atoms with E-state index < -0.39 is 11.9 Å². The molecule has 5 nitrogen and oxygen atoms in total. The van der Waals surface area contributed by atoms with E-state index in [0.717, 1.165) is 5.56 Å². The number of carboxylic acids is 1. The number of carbonyl (C=O) groups is 2. The SMILES string of the molecule is CC(C)N(C)C(=O)N1CCC(C(=O)O)c2ccccc21. The highest BCUT2D eigenvalue weighted by molar-refractivity contribution is 5.95. The number of para-hydroxylation sites is 1. The Morgan fingerprint density at radius 3 is 2.60 bits per heavy atom. The summed E-state index contributed by atoms with van der Waals surface area (Å²) in [5.74, 6) is -1.36. The van der Waals surface area contributed by atoms with Crippen molar-refractivity contribution in [2.45, 2.75) is 32.2 Å². The first-order valence-electron chi connectivity index (χ1n) is 6.79. The second-order valence-electron chi connectivity index (χ2n) is 5.38. The van der Waals surface area contributed by atoms with Gasteiger partial charge >= 0.3 is 12.0 Å². The fourth-order valence-corrected chi connectivity index (χ4v) is 2.43. The van der Waals surface area contributed by atoms with Gasteiger partial charge in [0.05, 0.1) is 5.92 Å². The maximum Gasteiger partial charge on any atom is 0.324 e. The van der Waals surface area contributed by atoms with Crippen LogP contribution in [0.15, 0.2) is 24.3 Å². The van der Waals surface area contributed by atoms with Gasteiger partial charge in [-0.05, 0) is 31.9 Å². The van der Waals surface area contributed by atoms with Crippen LogP contribution in [-0.4, -0.2) is 41.6 Å². The van der Waals surface area contributed by atoms with Crippen LogP contribution in [0.1, 0.15) is 31.7 Å². The molecule has 0 aromatic heterocycles. The summed E-state index contributed by atoms with van der Waals surface area (Å²) in [5.41, 5.74) is 1.43. The Kier molecular flexibility index (Phi) is 3.97. The number of carboxylic acid groups (broad SMARTS) is 1. The van der Waals surface area contributed by atoms with Crippen LogP contribution in [0, 0.1) is 0 Å². The van der Waals surface area contributed by atoms with Crippen LogP contribution in [0.25, 0.3) is 0 Å². The molecule has 0 aliphatic carbocycles. The minimum absolute atomic E-state index is 0.0868. The molecule has 0 bridgehead atoms. The molecule has 1 aliphatic heterocycles. The molecule has 1 unspecified atom stereocenters. The predicted molar refractivity (Wildman–Crippen MR) is 77.1 cm³/mol. The standard InChI is InChI=1S/C15H20N2O3/c1-10(2)16(3)15(20)17-9-8-12(14(18)19)11-6-4-5-7-13(11)17/h4-7,10,12H,8-9H2,1-3H3,(H,18,19). The first-order valence-corrected chi connectivity index (χ1v) is 6.79. The molecule has 0 radical (unpaired) electrons. The number of hydrogen-bond acceptors (Lipinski definition) is 2. The molecule has 1 atom stereocenters. The first-order chi connectivity index (χ1) is 9.43. The molecule has 108 valence electrons. The van der Waals surface area contributed by atoms with Gasteiger partial charge in [0.25, 0.3) is 0 Å². The largest absolute Gasteiger partial charge is 0.481 e. The van der Waals surface area contributed by atoms with E-state index in [4.69, 9.17) is 0 Å². The number of hydrogen-bond donors (Lipinski definition) is 1. The number of urea groups is 1. The number of nitrogens with zero attached hydrogens (tertiary/aromatic N) is 2. The van der Waals surface area contributed by atoms with E-state index in [1.54, 1.807) is 22.9 Å². The number of benzene rings is 1. The molecule has 1 aromatic rings. The Balaban J connectivity index is 2.37. The number of amides is 2. The van der Waals surface area contributed by atoms with Crippen LogP contribution in [0.4, 0.5) is 10.5 Å². The van der Waals surface area contributed by atoms with Crippen molar-refractivity contribution >= 4 is 17.7 Å². The van der Waals surface area contributed by atoms with Crippen molar-refractivity contribution in [3.63, 3.8) is 0 Å². The lowest BCUT2D eigenvalue weighted by atomic mass is 9.90. The highest BCUT2D eigenvalue weighted by Crippen LogP contribution is 2.35. The maximum absolute atomic E-state index is 12.5. The zero-order chi connectivity index (χ0) is 14.9. The van der Waals surface area contributed by atoms with E-state index in [2.05, 4.69) is 0 Å². The quantitative estimate of drug-likeness (QED) is 0.903. The summed E-state index contributed by atoms with van der Waals surface area (Å²) in [6.07, 6.45) is 0.448. The summed E-state index contributed by atoms with van der Waals surface area (Å²) < 4.78 is 0. The lowest BCUT2D eigenvalue weighted by Gasteiger charge is -2.36. The molecule has 1 heterocycles. The smallest absolute Gasteiger partial charge is 0.324 e. The summed E-state index contributed by atoms with van der Waals surface area (Å²) >= 11 is 0. The fourth-order valence-electron chi connectivity index (χ4n) is 2.43. The van der Waals surface area contributed by atoms with Crippen LogP contribution < -0.4 is 4.90 Å². The molecular formula is C15H20N2O3. The van der Waals surface area contributed by atoms with E-state index in [1.807, 2.05) is 32.0 Å². The Labute approximate surface area is 118 Å². The Hall–Kier alpha value is -2.04. The summed E-state index contributed by atoms with van der Waals surface area (Å²) in [7, 11) is 1.76. The lowest BCUT2D eigenvalue weighted by Crippen LogP contribution is -2.47. The van der Waals surface area contributed by atoms with Gasteiger partial charge in [0.15, 0.2) is 0 Å². The summed E-state index contributed by atoms with van der Waals surface area (Å²) in [4.78, 5) is 27.1. The molecule has 20 heavy (non-hydrogen) atoms. The highest BCUT2D eigenvalue weighted by Gasteiger charge is 2.33. The predicted octanol–water partition coefficient (Wildman–Crippen LogP) is 2.53. The number of aliphatic carboxylic acids is 1. The third-order valence-corrected chi connectivity index (χ3v) is 3.85. The number of carbonyl (C=O) groups excluding carboxylic acids is 1. The normalized spacial score (nSPS) is 17.8. The van der Waals surface area contributed by atoms with Crippen molar-refractivity contribution < 1.29 is 14.7 Å². The lowest BCUT2D eigenvalue weighted by molar-refractivity contribution is -0.139. The van der Waals surface area contributed by atoms with Crippen molar-refractivity contribution in [3.05, 3.63) is 29.8 Å². The molecule has 1 aromatic carbocycles. The maximum atomic E-state index is 12.5. The molecule has 1 N–H and O–H groups in total. The summed E-state index contributed by atoms with van der Waals surface area (Å²) in [6.45, 7) is 4.34. The molecule has 0 saturated carbocycles.